The van der Waals surface area contributed by atoms with E-state index in [4.69, 9.17) is 5.26 Å². The lowest BCUT2D eigenvalue weighted by molar-refractivity contribution is 0.102. The van der Waals surface area contributed by atoms with E-state index in [0.29, 0.717) is 15.8 Å². The third-order valence-electron chi connectivity index (χ3n) is 3.67. The summed E-state index contributed by atoms with van der Waals surface area (Å²) in [5, 5.41) is 32.7. The third kappa shape index (κ3) is 2.66. The van der Waals surface area contributed by atoms with Crippen LogP contribution in [0.5, 0.6) is 0 Å². The number of aromatic nitrogens is 6. The van der Waals surface area contributed by atoms with Crippen molar-refractivity contribution in [3.05, 3.63) is 53.5 Å². The van der Waals surface area contributed by atoms with Crippen molar-refractivity contribution in [2.45, 2.75) is 6.92 Å². The first-order chi connectivity index (χ1) is 12.7. The highest BCUT2D eigenvalue weighted by atomic mass is 32.1. The molecule has 0 fully saturated rings. The fourth-order valence-electron chi connectivity index (χ4n) is 2.35. The fraction of sp³-hybridized carbons (Fsp3) is 0.0625. The summed E-state index contributed by atoms with van der Waals surface area (Å²) < 4.78 is 1.41. The van der Waals surface area contributed by atoms with Crippen LogP contribution in [0.2, 0.25) is 0 Å². The number of hydrogen-bond donors (Lipinski definition) is 1. The highest BCUT2D eigenvalue weighted by Crippen LogP contribution is 2.26. The van der Waals surface area contributed by atoms with Gasteiger partial charge in [-0.25, -0.2) is 4.52 Å². The molecule has 0 saturated heterocycles. The summed E-state index contributed by atoms with van der Waals surface area (Å²) in [7, 11) is 0. The minimum atomic E-state index is -0.422. The summed E-state index contributed by atoms with van der Waals surface area (Å²) in [4.78, 5) is 12.5. The molecule has 0 radical (unpaired) electrons. The molecule has 4 aromatic rings. The monoisotopic (exact) mass is 362 g/mol. The summed E-state index contributed by atoms with van der Waals surface area (Å²) in [6.45, 7) is 1.69. The molecule has 0 atom stereocenters. The standard InChI is InChI=1S/C16H10N8OS/c1-9-12(7-17)20-21-13-11(8-18-24(9)13)14(25)19-16-23-22-15(26-16)10-5-3-2-4-6-10/h2-6,8H,1H3,(H,19,23,25). The van der Waals surface area contributed by atoms with Crippen LogP contribution in [0, 0.1) is 18.3 Å². The van der Waals surface area contributed by atoms with E-state index < -0.39 is 5.91 Å². The zero-order valence-corrected chi connectivity index (χ0v) is 14.2. The molecular formula is C16H10N8OS. The molecule has 1 N–H and O–H groups in total. The predicted molar refractivity (Wildman–Crippen MR) is 93.5 cm³/mol. The largest absolute Gasteiger partial charge is 0.296 e. The summed E-state index contributed by atoms with van der Waals surface area (Å²) in [5.41, 5.74) is 2.10. The first-order valence-electron chi connectivity index (χ1n) is 7.49. The van der Waals surface area contributed by atoms with E-state index in [9.17, 15) is 4.79 Å². The van der Waals surface area contributed by atoms with E-state index in [0.717, 1.165) is 5.56 Å². The number of anilines is 1. The Hall–Kier alpha value is -3.71. The van der Waals surface area contributed by atoms with Gasteiger partial charge in [0.2, 0.25) is 5.13 Å². The maximum absolute atomic E-state index is 12.5. The van der Waals surface area contributed by atoms with Gasteiger partial charge in [0.1, 0.15) is 16.6 Å². The molecule has 1 amide bonds. The number of aryl methyl sites for hydroxylation is 1. The molecule has 1 aromatic carbocycles. The number of benzene rings is 1. The summed E-state index contributed by atoms with van der Waals surface area (Å²) in [6, 6.07) is 11.5. The molecule has 0 aliphatic rings. The zero-order valence-electron chi connectivity index (χ0n) is 13.4. The number of nitrogens with zero attached hydrogens (tertiary/aromatic N) is 7. The minimum absolute atomic E-state index is 0.157. The average molecular weight is 362 g/mol. The second-order valence-corrected chi connectivity index (χ2v) is 6.25. The second-order valence-electron chi connectivity index (χ2n) is 5.27. The molecule has 0 aliphatic carbocycles. The van der Waals surface area contributed by atoms with Crippen LogP contribution in [0.3, 0.4) is 0 Å². The van der Waals surface area contributed by atoms with Crippen LogP contribution >= 0.6 is 11.3 Å². The lowest BCUT2D eigenvalue weighted by Crippen LogP contribution is -2.12. The molecule has 9 nitrogen and oxygen atoms in total. The maximum atomic E-state index is 12.5. The zero-order chi connectivity index (χ0) is 18.1. The van der Waals surface area contributed by atoms with Gasteiger partial charge in [0.25, 0.3) is 5.91 Å². The molecule has 26 heavy (non-hydrogen) atoms. The SMILES string of the molecule is Cc1c(C#N)nnc2c(C(=O)Nc3nnc(-c4ccccc4)s3)cnn12. The quantitative estimate of drug-likeness (QED) is 0.592. The van der Waals surface area contributed by atoms with Crippen molar-refractivity contribution in [2.24, 2.45) is 0 Å². The number of amides is 1. The Bertz CT molecular complexity index is 1160. The molecule has 0 unspecified atom stereocenters. The second kappa shape index (κ2) is 6.30. The topological polar surface area (TPSA) is 122 Å². The highest BCUT2D eigenvalue weighted by Gasteiger charge is 2.19. The first kappa shape index (κ1) is 15.8. The number of nitrogens with one attached hydrogen (secondary N) is 1. The minimum Gasteiger partial charge on any atom is -0.296 e. The van der Waals surface area contributed by atoms with Crippen LogP contribution < -0.4 is 5.32 Å². The predicted octanol–water partition coefficient (Wildman–Crippen LogP) is 2.08. The molecule has 4 rings (SSSR count). The van der Waals surface area contributed by atoms with Crippen molar-refractivity contribution < 1.29 is 4.79 Å². The number of hydrogen-bond acceptors (Lipinski definition) is 8. The van der Waals surface area contributed by atoms with Gasteiger partial charge in [-0.2, -0.15) is 10.4 Å². The van der Waals surface area contributed by atoms with Crippen LogP contribution in [0.15, 0.2) is 36.5 Å². The van der Waals surface area contributed by atoms with Crippen LogP contribution in [0.25, 0.3) is 16.2 Å². The molecule has 0 saturated carbocycles. The Balaban J connectivity index is 1.62. The molecule has 0 bridgehead atoms. The Morgan fingerprint density at radius 3 is 2.77 bits per heavy atom. The van der Waals surface area contributed by atoms with Crippen LogP contribution in [-0.2, 0) is 0 Å². The molecule has 3 heterocycles. The van der Waals surface area contributed by atoms with E-state index in [1.54, 1.807) is 6.92 Å². The van der Waals surface area contributed by atoms with Crippen molar-refractivity contribution in [1.29, 1.82) is 5.26 Å². The third-order valence-corrected chi connectivity index (χ3v) is 4.55. The van der Waals surface area contributed by atoms with E-state index in [-0.39, 0.29) is 16.9 Å². The number of fused-ring (bicyclic) bond motifs is 1. The smallest absolute Gasteiger partial charge is 0.263 e. The lowest BCUT2D eigenvalue weighted by Gasteiger charge is -2.01. The first-order valence-corrected chi connectivity index (χ1v) is 8.30. The molecule has 0 spiro atoms. The Kier molecular flexibility index (Phi) is 3.83. The van der Waals surface area contributed by atoms with Crippen molar-refractivity contribution >= 4 is 28.0 Å². The highest BCUT2D eigenvalue weighted by molar-refractivity contribution is 7.18. The van der Waals surface area contributed by atoms with E-state index in [1.165, 1.54) is 22.0 Å². The maximum Gasteiger partial charge on any atom is 0.263 e. The normalized spacial score (nSPS) is 10.6. The van der Waals surface area contributed by atoms with Gasteiger partial charge in [-0.15, -0.1) is 20.4 Å². The van der Waals surface area contributed by atoms with Gasteiger partial charge < -0.3 is 0 Å². The van der Waals surface area contributed by atoms with Gasteiger partial charge >= 0.3 is 0 Å². The number of carbonyl (C=O) groups is 1. The molecule has 0 aliphatic heterocycles. The van der Waals surface area contributed by atoms with Gasteiger partial charge in [0.15, 0.2) is 11.3 Å². The van der Waals surface area contributed by atoms with Crippen LogP contribution in [0.4, 0.5) is 5.13 Å². The van der Waals surface area contributed by atoms with Gasteiger partial charge in [0, 0.05) is 5.56 Å². The number of nitriles is 1. The average Bonchev–Trinajstić information content (AvgIpc) is 3.30. The van der Waals surface area contributed by atoms with E-state index >= 15 is 0 Å². The Labute approximate surface area is 151 Å². The van der Waals surface area contributed by atoms with Crippen molar-refractivity contribution in [1.82, 2.24) is 30.0 Å². The van der Waals surface area contributed by atoms with E-state index in [1.807, 2.05) is 36.4 Å². The van der Waals surface area contributed by atoms with Crippen molar-refractivity contribution in [3.8, 4) is 16.6 Å². The van der Waals surface area contributed by atoms with Gasteiger partial charge in [0.05, 0.1) is 11.9 Å². The van der Waals surface area contributed by atoms with E-state index in [2.05, 4.69) is 30.8 Å². The van der Waals surface area contributed by atoms with Gasteiger partial charge in [-0.3, -0.25) is 10.1 Å². The van der Waals surface area contributed by atoms with Crippen LogP contribution in [-0.4, -0.2) is 35.9 Å². The number of carbonyl (C=O) groups excluding carboxylic acids is 1. The van der Waals surface area contributed by atoms with Gasteiger partial charge in [-0.05, 0) is 6.92 Å². The molecule has 3 aromatic heterocycles. The fourth-order valence-corrected chi connectivity index (χ4v) is 3.10. The molecular weight excluding hydrogens is 352 g/mol. The van der Waals surface area contributed by atoms with Crippen molar-refractivity contribution in [2.75, 3.05) is 5.32 Å². The lowest BCUT2D eigenvalue weighted by atomic mass is 10.2. The number of rotatable bonds is 3. The Morgan fingerprint density at radius 2 is 2.00 bits per heavy atom. The van der Waals surface area contributed by atoms with Gasteiger partial charge in [-0.1, -0.05) is 41.7 Å². The van der Waals surface area contributed by atoms with Crippen molar-refractivity contribution in [3.63, 3.8) is 0 Å². The molecule has 10 heteroatoms. The Morgan fingerprint density at radius 1 is 1.19 bits per heavy atom. The summed E-state index contributed by atoms with van der Waals surface area (Å²) in [6.07, 6.45) is 1.38. The molecule has 126 valence electrons. The summed E-state index contributed by atoms with van der Waals surface area (Å²) in [5.74, 6) is -0.422. The summed E-state index contributed by atoms with van der Waals surface area (Å²) >= 11 is 1.27. The van der Waals surface area contributed by atoms with Crippen LogP contribution in [0.1, 0.15) is 21.7 Å².